The number of rotatable bonds is 3. The molecule has 7 heteroatoms. The minimum atomic E-state index is -1.07. The Hall–Kier alpha value is -2.60. The van der Waals surface area contributed by atoms with Gasteiger partial charge in [-0.05, 0) is 36.6 Å². The van der Waals surface area contributed by atoms with Crippen LogP contribution in [0.3, 0.4) is 0 Å². The average molecular weight is 399 g/mol. The van der Waals surface area contributed by atoms with Gasteiger partial charge in [0.15, 0.2) is 11.5 Å². The van der Waals surface area contributed by atoms with Gasteiger partial charge in [0.05, 0.1) is 5.02 Å². The second kappa shape index (κ2) is 6.48. The molecule has 2 aliphatic rings. The molecule has 0 fully saturated rings. The lowest BCUT2D eigenvalue weighted by atomic mass is 9.73. The zero-order chi connectivity index (χ0) is 20.1. The Bertz CT molecular complexity index is 986. The summed E-state index contributed by atoms with van der Waals surface area (Å²) in [6, 6.07) is 7.66. The van der Waals surface area contributed by atoms with Crippen LogP contribution in [-0.2, 0) is 10.3 Å². The number of guanidine groups is 1. The molecule has 0 saturated carbocycles. The van der Waals surface area contributed by atoms with Gasteiger partial charge in [-0.2, -0.15) is 0 Å². The predicted molar refractivity (Wildman–Crippen MR) is 109 cm³/mol. The maximum absolute atomic E-state index is 13.3. The molecule has 1 aromatic heterocycles. The monoisotopic (exact) mass is 398 g/mol. The number of carbonyl (C=O) groups excluding carboxylic acids is 1. The first kappa shape index (κ1) is 18.7. The molecule has 2 aromatic rings. The molecule has 1 atom stereocenters. The molecule has 4 rings (SSSR count). The summed E-state index contributed by atoms with van der Waals surface area (Å²) in [6.45, 7) is 4.15. The van der Waals surface area contributed by atoms with Crippen molar-refractivity contribution in [1.29, 1.82) is 0 Å². The smallest absolute Gasteiger partial charge is 0.261 e. The summed E-state index contributed by atoms with van der Waals surface area (Å²) in [5, 5.41) is 0.552. The van der Waals surface area contributed by atoms with Crippen molar-refractivity contribution in [1.82, 2.24) is 9.88 Å². The number of benzene rings is 1. The van der Waals surface area contributed by atoms with Gasteiger partial charge in [-0.3, -0.25) is 14.7 Å². The van der Waals surface area contributed by atoms with Gasteiger partial charge in [-0.15, -0.1) is 0 Å². The zero-order valence-electron chi connectivity index (χ0n) is 16.2. The van der Waals surface area contributed by atoms with E-state index >= 15 is 0 Å². The highest BCUT2D eigenvalue weighted by molar-refractivity contribution is 6.30. The Kier molecular flexibility index (Phi) is 4.34. The van der Waals surface area contributed by atoms with E-state index in [0.29, 0.717) is 17.2 Å². The van der Waals surface area contributed by atoms with Crippen LogP contribution in [0.2, 0.25) is 5.02 Å². The molecule has 1 spiro atoms. The summed E-state index contributed by atoms with van der Waals surface area (Å²) < 4.78 is 6.42. The lowest BCUT2D eigenvalue weighted by Crippen LogP contribution is -2.51. The minimum Gasteiger partial charge on any atom is -0.487 e. The number of hydrogen-bond acceptors (Lipinski definition) is 5. The van der Waals surface area contributed by atoms with Crippen molar-refractivity contribution in [3.8, 4) is 16.9 Å². The number of amides is 1. The molecule has 0 bridgehead atoms. The molecule has 28 heavy (non-hydrogen) atoms. The average Bonchev–Trinajstić information content (AvgIpc) is 2.91. The molecular weight excluding hydrogens is 376 g/mol. The van der Waals surface area contributed by atoms with Crippen molar-refractivity contribution in [3.63, 3.8) is 0 Å². The van der Waals surface area contributed by atoms with E-state index in [-0.39, 0.29) is 11.9 Å². The second-order valence-electron chi connectivity index (χ2n) is 7.47. The van der Waals surface area contributed by atoms with Crippen LogP contribution in [0.5, 0.6) is 5.75 Å². The lowest BCUT2D eigenvalue weighted by Gasteiger charge is -2.44. The van der Waals surface area contributed by atoms with Gasteiger partial charge in [0.25, 0.3) is 5.91 Å². The third-order valence-corrected chi connectivity index (χ3v) is 6.17. The molecule has 1 amide bonds. The fourth-order valence-corrected chi connectivity index (χ4v) is 4.33. The number of aliphatic imine (C=N–C) groups is 1. The minimum absolute atomic E-state index is 0.123. The van der Waals surface area contributed by atoms with E-state index in [4.69, 9.17) is 22.1 Å². The number of fused-ring (bicyclic) bond motifs is 2. The van der Waals surface area contributed by atoms with Crippen molar-refractivity contribution in [2.45, 2.75) is 44.2 Å². The van der Waals surface area contributed by atoms with Crippen molar-refractivity contribution < 1.29 is 9.53 Å². The predicted octanol–water partition coefficient (Wildman–Crippen LogP) is 3.73. The van der Waals surface area contributed by atoms with E-state index in [0.717, 1.165) is 29.5 Å². The Morgan fingerprint density at radius 2 is 1.96 bits per heavy atom. The summed E-state index contributed by atoms with van der Waals surface area (Å²) in [5.74, 6) is 0.782. The van der Waals surface area contributed by atoms with Gasteiger partial charge in [-0.1, -0.05) is 31.5 Å². The van der Waals surface area contributed by atoms with Crippen molar-refractivity contribution in [2.24, 2.45) is 10.7 Å². The quantitative estimate of drug-likeness (QED) is 0.854. The highest BCUT2D eigenvalue weighted by Crippen LogP contribution is 2.51. The Labute approximate surface area is 169 Å². The SMILES string of the molecule is CCC1(CC)CC2(N=C(N)N(C)C2=O)c2cc(-c3cncc(Cl)c3)ccc2O1. The molecule has 1 aromatic carbocycles. The molecule has 0 aliphatic carbocycles. The van der Waals surface area contributed by atoms with E-state index in [2.05, 4.69) is 23.8 Å². The Morgan fingerprint density at radius 3 is 2.57 bits per heavy atom. The summed E-state index contributed by atoms with van der Waals surface area (Å²) >= 11 is 6.11. The van der Waals surface area contributed by atoms with Gasteiger partial charge in [-0.25, -0.2) is 4.99 Å². The van der Waals surface area contributed by atoms with E-state index < -0.39 is 11.1 Å². The van der Waals surface area contributed by atoms with Gasteiger partial charge < -0.3 is 10.5 Å². The van der Waals surface area contributed by atoms with Gasteiger partial charge in [0, 0.05) is 37.0 Å². The normalized spacial score (nSPS) is 22.8. The summed E-state index contributed by atoms with van der Waals surface area (Å²) in [5.41, 5.74) is 7.03. The molecular formula is C21H23ClN4O2. The van der Waals surface area contributed by atoms with Crippen LogP contribution in [0, 0.1) is 0 Å². The van der Waals surface area contributed by atoms with Crippen LogP contribution in [0.1, 0.15) is 38.7 Å². The highest BCUT2D eigenvalue weighted by atomic mass is 35.5. The van der Waals surface area contributed by atoms with Gasteiger partial charge >= 0.3 is 0 Å². The number of carbonyl (C=O) groups is 1. The van der Waals surface area contributed by atoms with E-state index in [9.17, 15) is 4.79 Å². The molecule has 0 radical (unpaired) electrons. The molecule has 3 heterocycles. The largest absolute Gasteiger partial charge is 0.487 e. The van der Waals surface area contributed by atoms with E-state index in [1.54, 1.807) is 19.4 Å². The van der Waals surface area contributed by atoms with Crippen LogP contribution >= 0.6 is 11.6 Å². The summed E-state index contributed by atoms with van der Waals surface area (Å²) in [7, 11) is 1.66. The van der Waals surface area contributed by atoms with Crippen LogP contribution in [0.4, 0.5) is 0 Å². The maximum atomic E-state index is 13.3. The standard InChI is InChI=1S/C21H23ClN4O2/c1-4-20(5-2)12-21(18(27)26(3)19(23)25-21)16-9-13(6-7-17(16)28-20)14-8-15(22)11-24-10-14/h6-11H,4-5,12H2,1-3H3,(H2,23,25). The second-order valence-corrected chi connectivity index (χ2v) is 7.90. The molecule has 1 unspecified atom stereocenters. The van der Waals surface area contributed by atoms with Crippen LogP contribution in [-0.4, -0.2) is 34.4 Å². The van der Waals surface area contributed by atoms with Gasteiger partial charge in [0.2, 0.25) is 0 Å². The summed E-state index contributed by atoms with van der Waals surface area (Å²) in [4.78, 5) is 23.6. The topological polar surface area (TPSA) is 80.8 Å². The Balaban J connectivity index is 1.93. The first-order valence-corrected chi connectivity index (χ1v) is 9.80. The molecule has 2 N–H and O–H groups in total. The van der Waals surface area contributed by atoms with Gasteiger partial charge in [0.1, 0.15) is 11.4 Å². The molecule has 6 nitrogen and oxygen atoms in total. The number of ether oxygens (including phenoxy) is 1. The number of hydrogen-bond donors (Lipinski definition) is 1. The number of nitrogens with two attached hydrogens (primary N) is 1. The number of aromatic nitrogens is 1. The summed E-state index contributed by atoms with van der Waals surface area (Å²) in [6.07, 6.45) is 5.34. The molecule has 146 valence electrons. The van der Waals surface area contributed by atoms with Crippen LogP contribution in [0.15, 0.2) is 41.7 Å². The number of halogens is 1. The number of nitrogens with zero attached hydrogens (tertiary/aromatic N) is 3. The maximum Gasteiger partial charge on any atom is 0.261 e. The first-order valence-electron chi connectivity index (χ1n) is 9.42. The third-order valence-electron chi connectivity index (χ3n) is 5.96. The third kappa shape index (κ3) is 2.66. The number of likely N-dealkylation sites (N-methyl/N-ethyl adjacent to an activating group) is 1. The van der Waals surface area contributed by atoms with Crippen LogP contribution in [0.25, 0.3) is 11.1 Å². The van der Waals surface area contributed by atoms with Crippen molar-refractivity contribution in [3.05, 3.63) is 47.2 Å². The van der Waals surface area contributed by atoms with Crippen LogP contribution < -0.4 is 10.5 Å². The first-order chi connectivity index (χ1) is 13.3. The fourth-order valence-electron chi connectivity index (χ4n) is 4.16. The highest BCUT2D eigenvalue weighted by Gasteiger charge is 2.57. The number of pyridine rings is 1. The van der Waals surface area contributed by atoms with Crippen molar-refractivity contribution in [2.75, 3.05) is 7.05 Å². The lowest BCUT2D eigenvalue weighted by molar-refractivity contribution is -0.134. The zero-order valence-corrected chi connectivity index (χ0v) is 17.0. The van der Waals surface area contributed by atoms with E-state index in [1.807, 2.05) is 24.3 Å². The molecule has 2 aliphatic heterocycles. The fraction of sp³-hybridized carbons (Fsp3) is 0.381. The van der Waals surface area contributed by atoms with E-state index in [1.165, 1.54) is 4.90 Å². The molecule has 0 saturated heterocycles. The Morgan fingerprint density at radius 1 is 1.21 bits per heavy atom. The van der Waals surface area contributed by atoms with Crippen molar-refractivity contribution >= 4 is 23.5 Å².